The van der Waals surface area contributed by atoms with E-state index in [9.17, 15) is 0 Å². The third-order valence-corrected chi connectivity index (χ3v) is 2.61. The highest BCUT2D eigenvalue weighted by atomic mass is 14.1. The highest BCUT2D eigenvalue weighted by Gasteiger charge is 2.02. The van der Waals surface area contributed by atoms with Crippen LogP contribution in [0.2, 0.25) is 0 Å². The lowest BCUT2D eigenvalue weighted by atomic mass is 9.96. The van der Waals surface area contributed by atoms with Gasteiger partial charge in [-0.3, -0.25) is 0 Å². The molecule has 0 spiro atoms. The standard InChI is InChI=1S/C14H24/c1-6-8-9-13(4)14(5)11-10-12(3)7-2/h10-11,13H,3,5-9H2,1-2,4H3/b11-10-. The molecule has 0 aromatic heterocycles. The number of hydrogen-bond acceptors (Lipinski definition) is 0. The van der Waals surface area contributed by atoms with Gasteiger partial charge in [-0.15, -0.1) is 0 Å². The molecule has 0 rings (SSSR count). The van der Waals surface area contributed by atoms with Crippen molar-refractivity contribution in [3.63, 3.8) is 0 Å². The molecule has 1 atom stereocenters. The van der Waals surface area contributed by atoms with Crippen LogP contribution >= 0.6 is 0 Å². The lowest BCUT2D eigenvalue weighted by molar-refractivity contribution is 0.582. The molecule has 0 aromatic carbocycles. The largest absolute Gasteiger partial charge is 0.0958 e. The smallest absolute Gasteiger partial charge is 0.0196 e. The maximum Gasteiger partial charge on any atom is -0.0196 e. The van der Waals surface area contributed by atoms with E-state index in [0.29, 0.717) is 5.92 Å². The van der Waals surface area contributed by atoms with E-state index in [1.54, 1.807) is 0 Å². The number of rotatable bonds is 7. The molecule has 0 N–H and O–H groups in total. The molecule has 0 bridgehead atoms. The zero-order valence-electron chi connectivity index (χ0n) is 9.97. The SMILES string of the molecule is C=C(/C=C\C(=C)C(C)CCCC)CC. The Kier molecular flexibility index (Phi) is 7.18. The molecule has 0 fully saturated rings. The summed E-state index contributed by atoms with van der Waals surface area (Å²) in [4.78, 5) is 0. The molecular formula is C14H24. The van der Waals surface area contributed by atoms with Crippen LogP contribution in [-0.4, -0.2) is 0 Å². The van der Waals surface area contributed by atoms with Gasteiger partial charge in [0.25, 0.3) is 0 Å². The van der Waals surface area contributed by atoms with Gasteiger partial charge >= 0.3 is 0 Å². The first-order valence-electron chi connectivity index (χ1n) is 5.66. The van der Waals surface area contributed by atoms with Gasteiger partial charge < -0.3 is 0 Å². The fourth-order valence-electron chi connectivity index (χ4n) is 1.20. The van der Waals surface area contributed by atoms with Crippen molar-refractivity contribution in [2.75, 3.05) is 0 Å². The lowest BCUT2D eigenvalue weighted by Gasteiger charge is -2.10. The van der Waals surface area contributed by atoms with Crippen LogP contribution in [0.1, 0.15) is 46.5 Å². The molecule has 0 heteroatoms. The highest BCUT2D eigenvalue weighted by Crippen LogP contribution is 2.17. The molecule has 0 saturated heterocycles. The number of unbranched alkanes of at least 4 members (excludes halogenated alkanes) is 1. The summed E-state index contributed by atoms with van der Waals surface area (Å²) < 4.78 is 0. The zero-order chi connectivity index (χ0) is 11.0. The minimum absolute atomic E-state index is 0.607. The molecule has 0 saturated carbocycles. The van der Waals surface area contributed by atoms with E-state index in [-0.39, 0.29) is 0 Å². The van der Waals surface area contributed by atoms with Crippen molar-refractivity contribution >= 4 is 0 Å². The van der Waals surface area contributed by atoms with E-state index in [1.165, 1.54) is 30.4 Å². The summed E-state index contributed by atoms with van der Waals surface area (Å²) in [5.41, 5.74) is 2.40. The molecule has 0 aromatic rings. The predicted octanol–water partition coefficient (Wildman–Crippen LogP) is 4.89. The first-order chi connectivity index (χ1) is 6.61. The number of hydrogen-bond donors (Lipinski definition) is 0. The van der Waals surface area contributed by atoms with Gasteiger partial charge in [0.15, 0.2) is 0 Å². The van der Waals surface area contributed by atoms with Gasteiger partial charge in [-0.25, -0.2) is 0 Å². The van der Waals surface area contributed by atoms with Crippen molar-refractivity contribution in [3.05, 3.63) is 36.5 Å². The van der Waals surface area contributed by atoms with E-state index >= 15 is 0 Å². The summed E-state index contributed by atoms with van der Waals surface area (Å²) in [5.74, 6) is 0.607. The molecule has 1 unspecified atom stereocenters. The molecule has 0 nitrogen and oxygen atoms in total. The van der Waals surface area contributed by atoms with Crippen LogP contribution in [-0.2, 0) is 0 Å². The molecule has 0 heterocycles. The summed E-state index contributed by atoms with van der Waals surface area (Å²) in [6.07, 6.45) is 9.04. The highest BCUT2D eigenvalue weighted by molar-refractivity contribution is 5.25. The Morgan fingerprint density at radius 3 is 2.36 bits per heavy atom. The maximum atomic E-state index is 4.09. The molecule has 0 amide bonds. The Hall–Kier alpha value is -0.780. The maximum absolute atomic E-state index is 4.09. The fraction of sp³-hybridized carbons (Fsp3) is 0.571. The summed E-state index contributed by atoms with van der Waals surface area (Å²) in [6.45, 7) is 14.6. The van der Waals surface area contributed by atoms with Crippen molar-refractivity contribution in [1.82, 2.24) is 0 Å². The molecular weight excluding hydrogens is 168 g/mol. The second-order valence-electron chi connectivity index (χ2n) is 3.96. The molecule has 0 aliphatic carbocycles. The van der Waals surface area contributed by atoms with E-state index in [0.717, 1.165) is 6.42 Å². The van der Waals surface area contributed by atoms with E-state index in [4.69, 9.17) is 0 Å². The Balaban J connectivity index is 3.94. The molecule has 0 aliphatic heterocycles. The molecule has 80 valence electrons. The quantitative estimate of drug-likeness (QED) is 0.504. The second-order valence-corrected chi connectivity index (χ2v) is 3.96. The first-order valence-corrected chi connectivity index (χ1v) is 5.66. The van der Waals surface area contributed by atoms with E-state index in [2.05, 4.69) is 46.1 Å². The Morgan fingerprint density at radius 2 is 1.86 bits per heavy atom. The van der Waals surface area contributed by atoms with Crippen LogP contribution in [0.15, 0.2) is 36.5 Å². The van der Waals surface area contributed by atoms with Gasteiger partial charge in [-0.2, -0.15) is 0 Å². The van der Waals surface area contributed by atoms with Gasteiger partial charge in [0.1, 0.15) is 0 Å². The van der Waals surface area contributed by atoms with Crippen LogP contribution in [0.25, 0.3) is 0 Å². The van der Waals surface area contributed by atoms with E-state index < -0.39 is 0 Å². The Bertz CT molecular complexity index is 208. The van der Waals surface area contributed by atoms with Crippen LogP contribution < -0.4 is 0 Å². The first kappa shape index (κ1) is 13.2. The van der Waals surface area contributed by atoms with Crippen LogP contribution in [0.5, 0.6) is 0 Å². The third kappa shape index (κ3) is 5.80. The molecule has 0 aliphatic rings. The van der Waals surface area contributed by atoms with E-state index in [1.807, 2.05) is 0 Å². The van der Waals surface area contributed by atoms with Crippen molar-refractivity contribution in [2.24, 2.45) is 5.92 Å². The minimum atomic E-state index is 0.607. The zero-order valence-corrected chi connectivity index (χ0v) is 9.97. The summed E-state index contributed by atoms with van der Waals surface area (Å²) >= 11 is 0. The summed E-state index contributed by atoms with van der Waals surface area (Å²) in [6, 6.07) is 0. The monoisotopic (exact) mass is 192 g/mol. The summed E-state index contributed by atoms with van der Waals surface area (Å²) in [5, 5.41) is 0. The topological polar surface area (TPSA) is 0 Å². The van der Waals surface area contributed by atoms with Gasteiger partial charge in [-0.05, 0) is 18.8 Å². The fourth-order valence-corrected chi connectivity index (χ4v) is 1.20. The molecule has 0 radical (unpaired) electrons. The van der Waals surface area contributed by atoms with Gasteiger partial charge in [0.2, 0.25) is 0 Å². The van der Waals surface area contributed by atoms with Crippen molar-refractivity contribution < 1.29 is 0 Å². The van der Waals surface area contributed by atoms with Crippen molar-refractivity contribution in [3.8, 4) is 0 Å². The third-order valence-electron chi connectivity index (χ3n) is 2.61. The average Bonchev–Trinajstić information content (AvgIpc) is 2.21. The van der Waals surface area contributed by atoms with Crippen molar-refractivity contribution in [2.45, 2.75) is 46.5 Å². The van der Waals surface area contributed by atoms with Crippen LogP contribution in [0.4, 0.5) is 0 Å². The van der Waals surface area contributed by atoms with Crippen LogP contribution in [0, 0.1) is 5.92 Å². The van der Waals surface area contributed by atoms with Gasteiger partial charge in [0, 0.05) is 0 Å². The van der Waals surface area contributed by atoms with Crippen LogP contribution in [0.3, 0.4) is 0 Å². The predicted molar refractivity (Wildman–Crippen MR) is 66.4 cm³/mol. The molecule has 14 heavy (non-hydrogen) atoms. The van der Waals surface area contributed by atoms with Gasteiger partial charge in [-0.1, -0.05) is 70.1 Å². The number of allylic oxidation sites excluding steroid dienone is 4. The minimum Gasteiger partial charge on any atom is -0.0958 e. The average molecular weight is 192 g/mol. The Labute approximate surface area is 89.4 Å². The summed E-state index contributed by atoms with van der Waals surface area (Å²) in [7, 11) is 0. The lowest BCUT2D eigenvalue weighted by Crippen LogP contribution is -1.95. The van der Waals surface area contributed by atoms with Crippen molar-refractivity contribution in [1.29, 1.82) is 0 Å². The Morgan fingerprint density at radius 1 is 1.21 bits per heavy atom. The normalized spacial score (nSPS) is 13.1. The van der Waals surface area contributed by atoms with Gasteiger partial charge in [0.05, 0.1) is 0 Å². The second kappa shape index (κ2) is 7.61.